The molecule has 0 unspecified atom stereocenters. The molecular formula is C9H13NO4S. The fourth-order valence-electron chi connectivity index (χ4n) is 0.953. The second-order valence-electron chi connectivity index (χ2n) is 3.00. The lowest BCUT2D eigenvalue weighted by molar-refractivity contribution is 0.0988. The van der Waals surface area contributed by atoms with Gasteiger partial charge in [-0.25, -0.2) is 13.1 Å². The predicted molar refractivity (Wildman–Crippen MR) is 54.7 cm³/mol. The monoisotopic (exact) mass is 231 g/mol. The van der Waals surface area contributed by atoms with E-state index in [1.807, 2.05) is 0 Å². The largest absolute Gasteiger partial charge is 0.394 e. The van der Waals surface area contributed by atoms with Crippen molar-refractivity contribution in [2.24, 2.45) is 0 Å². The molecular weight excluding hydrogens is 218 g/mol. The molecule has 0 radical (unpaired) electrons. The highest BCUT2D eigenvalue weighted by Gasteiger charge is 2.14. The van der Waals surface area contributed by atoms with E-state index in [0.29, 0.717) is 0 Å². The Bertz CT molecular complexity index is 390. The molecule has 0 spiro atoms. The summed E-state index contributed by atoms with van der Waals surface area (Å²) in [6.45, 7) is -0.676. The van der Waals surface area contributed by atoms with Crippen molar-refractivity contribution in [2.75, 3.05) is 13.2 Å². The molecule has 6 heteroatoms. The minimum absolute atomic E-state index is 0.134. The van der Waals surface area contributed by atoms with Gasteiger partial charge in [-0.15, -0.1) is 0 Å². The molecule has 0 aliphatic carbocycles. The Morgan fingerprint density at radius 3 is 2.40 bits per heavy atom. The number of aliphatic hydroxyl groups excluding tert-OH is 2. The summed E-state index contributed by atoms with van der Waals surface area (Å²) in [5, 5.41) is 17.5. The van der Waals surface area contributed by atoms with Crippen molar-refractivity contribution in [3.63, 3.8) is 0 Å². The molecule has 5 nitrogen and oxygen atoms in total. The smallest absolute Gasteiger partial charge is 0.240 e. The quantitative estimate of drug-likeness (QED) is 0.626. The lowest BCUT2D eigenvalue weighted by Crippen LogP contribution is -2.33. The third kappa shape index (κ3) is 3.60. The second kappa shape index (κ2) is 5.22. The van der Waals surface area contributed by atoms with Crippen LogP contribution in [0.5, 0.6) is 0 Å². The molecule has 0 aliphatic heterocycles. The SMILES string of the molecule is O=S(=O)(NC[C@@H](O)CO)c1ccccc1. The topological polar surface area (TPSA) is 86.6 Å². The van der Waals surface area contributed by atoms with Gasteiger partial charge in [-0.05, 0) is 12.1 Å². The zero-order valence-corrected chi connectivity index (χ0v) is 8.81. The van der Waals surface area contributed by atoms with Crippen LogP contribution in [0.15, 0.2) is 35.2 Å². The summed E-state index contributed by atoms with van der Waals surface area (Å²) < 4.78 is 25.3. The molecule has 0 saturated carbocycles. The van der Waals surface area contributed by atoms with Gasteiger partial charge in [-0.3, -0.25) is 0 Å². The van der Waals surface area contributed by atoms with Crippen molar-refractivity contribution in [3.8, 4) is 0 Å². The number of sulfonamides is 1. The van der Waals surface area contributed by atoms with Gasteiger partial charge in [0.2, 0.25) is 10.0 Å². The normalized spacial score (nSPS) is 13.7. The van der Waals surface area contributed by atoms with Crippen LogP contribution in [0, 0.1) is 0 Å². The molecule has 0 saturated heterocycles. The first-order valence-electron chi connectivity index (χ1n) is 4.40. The summed E-state index contributed by atoms with van der Waals surface area (Å²) in [5.74, 6) is 0. The molecule has 84 valence electrons. The van der Waals surface area contributed by atoms with E-state index >= 15 is 0 Å². The van der Waals surface area contributed by atoms with E-state index in [2.05, 4.69) is 4.72 Å². The fourth-order valence-corrected chi connectivity index (χ4v) is 2.05. The fraction of sp³-hybridized carbons (Fsp3) is 0.333. The van der Waals surface area contributed by atoms with Crippen LogP contribution in [-0.2, 0) is 10.0 Å². The second-order valence-corrected chi connectivity index (χ2v) is 4.77. The Labute approximate surface area is 88.4 Å². The Morgan fingerprint density at radius 2 is 1.87 bits per heavy atom. The van der Waals surface area contributed by atoms with Gasteiger partial charge >= 0.3 is 0 Å². The summed E-state index contributed by atoms with van der Waals surface area (Å²) in [7, 11) is -3.59. The summed E-state index contributed by atoms with van der Waals surface area (Å²) in [4.78, 5) is 0.134. The molecule has 0 heterocycles. The van der Waals surface area contributed by atoms with Crippen LogP contribution in [0.4, 0.5) is 0 Å². The number of hydrogen-bond acceptors (Lipinski definition) is 4. The Balaban J connectivity index is 2.69. The third-order valence-corrected chi connectivity index (χ3v) is 3.21. The van der Waals surface area contributed by atoms with E-state index < -0.39 is 22.7 Å². The highest BCUT2D eigenvalue weighted by Crippen LogP contribution is 2.06. The Morgan fingerprint density at radius 1 is 1.27 bits per heavy atom. The van der Waals surface area contributed by atoms with Gasteiger partial charge in [0.05, 0.1) is 17.6 Å². The van der Waals surface area contributed by atoms with Crippen molar-refractivity contribution < 1.29 is 18.6 Å². The molecule has 1 aromatic rings. The zero-order chi connectivity index (χ0) is 11.3. The molecule has 0 aliphatic rings. The standard InChI is InChI=1S/C9H13NO4S/c11-7-8(12)6-10-15(13,14)9-4-2-1-3-5-9/h1-5,8,10-12H,6-7H2/t8-/m1/s1. The van der Waals surface area contributed by atoms with Gasteiger partial charge in [-0.2, -0.15) is 0 Å². The van der Waals surface area contributed by atoms with E-state index in [0.717, 1.165) is 0 Å². The summed E-state index contributed by atoms with van der Waals surface area (Å²) in [5.41, 5.74) is 0. The van der Waals surface area contributed by atoms with Crippen LogP contribution >= 0.6 is 0 Å². The lowest BCUT2D eigenvalue weighted by atomic mass is 10.4. The predicted octanol–water partition coefficient (Wildman–Crippen LogP) is -0.682. The highest BCUT2D eigenvalue weighted by molar-refractivity contribution is 7.89. The third-order valence-electron chi connectivity index (χ3n) is 1.77. The van der Waals surface area contributed by atoms with Crippen LogP contribution < -0.4 is 4.72 Å². The first-order chi connectivity index (χ1) is 7.06. The van der Waals surface area contributed by atoms with Gasteiger partial charge in [0.1, 0.15) is 0 Å². The van der Waals surface area contributed by atoms with Crippen LogP contribution in [0.1, 0.15) is 0 Å². The van der Waals surface area contributed by atoms with Crippen molar-refractivity contribution in [3.05, 3.63) is 30.3 Å². The van der Waals surface area contributed by atoms with E-state index in [1.165, 1.54) is 12.1 Å². The Kier molecular flexibility index (Phi) is 4.22. The Hall–Kier alpha value is -0.950. The maximum absolute atomic E-state index is 11.5. The van der Waals surface area contributed by atoms with Gasteiger partial charge in [0.15, 0.2) is 0 Å². The molecule has 0 bridgehead atoms. The number of nitrogens with one attached hydrogen (secondary N) is 1. The van der Waals surface area contributed by atoms with Crippen LogP contribution in [0.2, 0.25) is 0 Å². The molecule has 0 aromatic heterocycles. The minimum Gasteiger partial charge on any atom is -0.394 e. The average molecular weight is 231 g/mol. The molecule has 1 aromatic carbocycles. The molecule has 0 fully saturated rings. The van der Waals surface area contributed by atoms with Gasteiger partial charge in [0.25, 0.3) is 0 Å². The first-order valence-corrected chi connectivity index (χ1v) is 5.88. The summed E-state index contributed by atoms with van der Waals surface area (Å²) in [6.07, 6.45) is -1.08. The van der Waals surface area contributed by atoms with E-state index in [-0.39, 0.29) is 11.4 Å². The minimum atomic E-state index is -3.59. The van der Waals surface area contributed by atoms with E-state index in [9.17, 15) is 8.42 Å². The molecule has 15 heavy (non-hydrogen) atoms. The van der Waals surface area contributed by atoms with Crippen molar-refractivity contribution in [1.29, 1.82) is 0 Å². The number of rotatable bonds is 5. The van der Waals surface area contributed by atoms with Crippen molar-refractivity contribution in [1.82, 2.24) is 4.72 Å². The summed E-state index contributed by atoms with van der Waals surface area (Å²) in [6, 6.07) is 7.83. The maximum atomic E-state index is 11.5. The van der Waals surface area contributed by atoms with Crippen molar-refractivity contribution in [2.45, 2.75) is 11.0 Å². The molecule has 3 N–H and O–H groups in total. The maximum Gasteiger partial charge on any atom is 0.240 e. The lowest BCUT2D eigenvalue weighted by Gasteiger charge is -2.09. The average Bonchev–Trinajstić information content (AvgIpc) is 2.27. The number of aliphatic hydroxyl groups is 2. The highest BCUT2D eigenvalue weighted by atomic mass is 32.2. The van der Waals surface area contributed by atoms with Crippen molar-refractivity contribution >= 4 is 10.0 Å². The number of benzene rings is 1. The molecule has 1 atom stereocenters. The molecule has 1 rings (SSSR count). The van der Waals surface area contributed by atoms with E-state index in [1.54, 1.807) is 18.2 Å². The first kappa shape index (κ1) is 12.1. The van der Waals surface area contributed by atoms with Crippen LogP contribution in [0.3, 0.4) is 0 Å². The van der Waals surface area contributed by atoms with Crippen LogP contribution in [0.25, 0.3) is 0 Å². The van der Waals surface area contributed by atoms with Crippen LogP contribution in [-0.4, -0.2) is 37.9 Å². The molecule has 0 amide bonds. The van der Waals surface area contributed by atoms with E-state index in [4.69, 9.17) is 10.2 Å². The van der Waals surface area contributed by atoms with Gasteiger partial charge in [0, 0.05) is 6.54 Å². The number of hydrogen-bond donors (Lipinski definition) is 3. The summed E-state index contributed by atoms with van der Waals surface area (Å²) >= 11 is 0. The van der Waals surface area contributed by atoms with Gasteiger partial charge in [-0.1, -0.05) is 18.2 Å². The zero-order valence-electron chi connectivity index (χ0n) is 8.00. The van der Waals surface area contributed by atoms with Gasteiger partial charge < -0.3 is 10.2 Å².